The lowest BCUT2D eigenvalue weighted by molar-refractivity contribution is -0.116. The number of carboxylic acids is 1. The molecule has 29 heavy (non-hydrogen) atoms. The fourth-order valence-corrected chi connectivity index (χ4v) is 2.63. The molecule has 2 aromatic heterocycles. The zero-order valence-corrected chi connectivity index (χ0v) is 16.5. The number of rotatable bonds is 7. The number of carboxylic acid groups (broad SMARTS) is 1. The molecule has 0 spiro atoms. The van der Waals surface area contributed by atoms with Crippen LogP contribution in [0.3, 0.4) is 0 Å². The number of benzene rings is 1. The summed E-state index contributed by atoms with van der Waals surface area (Å²) >= 11 is 0. The molecule has 0 aliphatic carbocycles. The average molecular weight is 397 g/mol. The highest BCUT2D eigenvalue weighted by molar-refractivity contribution is 5.92. The average Bonchev–Trinajstić information content (AvgIpc) is 3.31. The summed E-state index contributed by atoms with van der Waals surface area (Å²) in [6.45, 7) is 6.02. The van der Waals surface area contributed by atoms with Gasteiger partial charge in [0, 0.05) is 24.5 Å². The summed E-state index contributed by atoms with van der Waals surface area (Å²) in [6.07, 6.45) is 2.89. The molecule has 0 saturated carbocycles. The molecule has 0 aliphatic rings. The van der Waals surface area contributed by atoms with Crippen LogP contribution in [-0.2, 0) is 16.6 Å². The van der Waals surface area contributed by atoms with Crippen LogP contribution in [0.25, 0.3) is 5.69 Å². The maximum absolute atomic E-state index is 12.4. The number of hydrogen-bond donors (Lipinski definition) is 2. The number of aromatic nitrogens is 4. The van der Waals surface area contributed by atoms with Gasteiger partial charge < -0.3 is 14.9 Å². The predicted octanol–water partition coefficient (Wildman–Crippen LogP) is 3.21. The number of nitrogens with one attached hydrogen (secondary N) is 1. The molecule has 2 N–H and O–H groups in total. The summed E-state index contributed by atoms with van der Waals surface area (Å²) in [7, 11) is 0. The molecule has 9 heteroatoms. The van der Waals surface area contributed by atoms with Crippen molar-refractivity contribution in [3.05, 3.63) is 53.9 Å². The number of carbonyl (C=O) groups excluding carboxylic acids is 1. The van der Waals surface area contributed by atoms with E-state index in [0.29, 0.717) is 35.9 Å². The highest BCUT2D eigenvalue weighted by Crippen LogP contribution is 2.21. The Morgan fingerprint density at radius 2 is 1.97 bits per heavy atom. The first-order valence-corrected chi connectivity index (χ1v) is 9.25. The van der Waals surface area contributed by atoms with Crippen molar-refractivity contribution in [2.24, 2.45) is 0 Å². The first-order chi connectivity index (χ1) is 13.7. The van der Waals surface area contributed by atoms with E-state index in [0.717, 1.165) is 0 Å². The SMILES string of the molecule is CC(C)(C)c1noc(CCCC(=O)Nc2ccccc2-n2ccc(C(=O)O)n2)n1. The van der Waals surface area contributed by atoms with Crippen LogP contribution in [0.15, 0.2) is 41.1 Å². The molecule has 0 aliphatic heterocycles. The summed E-state index contributed by atoms with van der Waals surface area (Å²) in [5, 5.41) is 19.9. The van der Waals surface area contributed by atoms with Gasteiger partial charge in [-0.3, -0.25) is 4.79 Å². The van der Waals surface area contributed by atoms with Crippen LogP contribution in [0.5, 0.6) is 0 Å². The molecule has 0 radical (unpaired) electrons. The van der Waals surface area contributed by atoms with Gasteiger partial charge in [-0.1, -0.05) is 38.1 Å². The van der Waals surface area contributed by atoms with E-state index < -0.39 is 5.97 Å². The Hall–Kier alpha value is -3.49. The zero-order valence-electron chi connectivity index (χ0n) is 16.5. The van der Waals surface area contributed by atoms with Crippen molar-refractivity contribution in [1.82, 2.24) is 19.9 Å². The van der Waals surface area contributed by atoms with Crippen molar-refractivity contribution < 1.29 is 19.2 Å². The van der Waals surface area contributed by atoms with E-state index >= 15 is 0 Å². The van der Waals surface area contributed by atoms with Gasteiger partial charge in [-0.25, -0.2) is 9.48 Å². The minimum absolute atomic E-state index is 0.0692. The second-order valence-electron chi connectivity index (χ2n) is 7.63. The van der Waals surface area contributed by atoms with E-state index in [1.54, 1.807) is 24.3 Å². The number of nitrogens with zero attached hydrogens (tertiary/aromatic N) is 4. The topological polar surface area (TPSA) is 123 Å². The van der Waals surface area contributed by atoms with Gasteiger partial charge in [0.15, 0.2) is 11.5 Å². The Morgan fingerprint density at radius 3 is 2.62 bits per heavy atom. The molecule has 3 rings (SSSR count). The fourth-order valence-electron chi connectivity index (χ4n) is 2.63. The van der Waals surface area contributed by atoms with Gasteiger partial charge in [0.1, 0.15) is 0 Å². The highest BCUT2D eigenvalue weighted by Gasteiger charge is 2.21. The van der Waals surface area contributed by atoms with Gasteiger partial charge >= 0.3 is 5.97 Å². The van der Waals surface area contributed by atoms with Gasteiger partial charge in [0.05, 0.1) is 11.4 Å². The van der Waals surface area contributed by atoms with E-state index in [9.17, 15) is 9.59 Å². The van der Waals surface area contributed by atoms with Gasteiger partial charge in [-0.2, -0.15) is 10.1 Å². The Kier molecular flexibility index (Phi) is 5.76. The molecular weight excluding hydrogens is 374 g/mol. The van der Waals surface area contributed by atoms with Crippen LogP contribution in [0.4, 0.5) is 5.69 Å². The summed E-state index contributed by atoms with van der Waals surface area (Å²) in [5.41, 5.74) is 0.876. The number of carbonyl (C=O) groups is 2. The van der Waals surface area contributed by atoms with Crippen molar-refractivity contribution in [3.8, 4) is 5.69 Å². The third-order valence-electron chi connectivity index (χ3n) is 4.17. The molecule has 1 amide bonds. The Balaban J connectivity index is 1.59. The first kappa shape index (κ1) is 20.2. The third kappa shape index (κ3) is 5.07. The maximum atomic E-state index is 12.4. The van der Waals surface area contributed by atoms with Crippen molar-refractivity contribution in [3.63, 3.8) is 0 Å². The fraction of sp³-hybridized carbons (Fsp3) is 0.350. The second kappa shape index (κ2) is 8.26. The Morgan fingerprint density at radius 1 is 1.21 bits per heavy atom. The van der Waals surface area contributed by atoms with E-state index in [2.05, 4.69) is 20.6 Å². The lowest BCUT2D eigenvalue weighted by atomic mass is 9.96. The summed E-state index contributed by atoms with van der Waals surface area (Å²) in [6, 6.07) is 8.46. The third-order valence-corrected chi connectivity index (χ3v) is 4.17. The largest absolute Gasteiger partial charge is 0.476 e. The number of amides is 1. The van der Waals surface area contributed by atoms with Crippen molar-refractivity contribution in [1.29, 1.82) is 0 Å². The van der Waals surface area contributed by atoms with Crippen LogP contribution in [0.1, 0.15) is 55.8 Å². The number of anilines is 1. The van der Waals surface area contributed by atoms with Gasteiger partial charge in [-0.05, 0) is 24.6 Å². The van der Waals surface area contributed by atoms with Crippen LogP contribution >= 0.6 is 0 Å². The quantitative estimate of drug-likeness (QED) is 0.627. The van der Waals surface area contributed by atoms with Crippen LogP contribution < -0.4 is 5.32 Å². The Labute approximate surface area is 167 Å². The maximum Gasteiger partial charge on any atom is 0.356 e. The molecule has 0 bridgehead atoms. The van der Waals surface area contributed by atoms with E-state index in [-0.39, 0.29) is 23.4 Å². The number of aryl methyl sites for hydroxylation is 1. The van der Waals surface area contributed by atoms with Crippen molar-refractivity contribution >= 4 is 17.6 Å². The van der Waals surface area contributed by atoms with E-state index in [4.69, 9.17) is 9.63 Å². The molecule has 0 atom stereocenters. The molecule has 2 heterocycles. The first-order valence-electron chi connectivity index (χ1n) is 9.25. The van der Waals surface area contributed by atoms with Crippen LogP contribution in [0, 0.1) is 0 Å². The standard InChI is InChI=1S/C20H23N5O4/c1-20(2,3)19-22-17(29-24-19)10-6-9-16(26)21-13-7-4-5-8-15(13)25-12-11-14(23-25)18(27)28/h4-5,7-8,11-12H,6,9-10H2,1-3H3,(H,21,26)(H,27,28). The van der Waals surface area contributed by atoms with Gasteiger partial charge in [-0.15, -0.1) is 0 Å². The molecular formula is C20H23N5O4. The summed E-state index contributed by atoms with van der Waals surface area (Å²) in [4.78, 5) is 27.8. The highest BCUT2D eigenvalue weighted by atomic mass is 16.5. The number of hydrogen-bond acceptors (Lipinski definition) is 6. The van der Waals surface area contributed by atoms with Gasteiger partial charge in [0.25, 0.3) is 0 Å². The van der Waals surface area contributed by atoms with Crippen LogP contribution in [0.2, 0.25) is 0 Å². The predicted molar refractivity (Wildman–Crippen MR) is 105 cm³/mol. The normalized spacial score (nSPS) is 11.4. The molecule has 0 fully saturated rings. The molecule has 0 unspecified atom stereocenters. The molecule has 1 aromatic carbocycles. The van der Waals surface area contributed by atoms with E-state index in [1.165, 1.54) is 16.9 Å². The molecule has 0 saturated heterocycles. The minimum atomic E-state index is -1.11. The van der Waals surface area contributed by atoms with Crippen LogP contribution in [-0.4, -0.2) is 36.9 Å². The second-order valence-corrected chi connectivity index (χ2v) is 7.63. The smallest absolute Gasteiger partial charge is 0.356 e. The van der Waals surface area contributed by atoms with Crippen molar-refractivity contribution in [2.45, 2.75) is 45.4 Å². The monoisotopic (exact) mass is 397 g/mol. The van der Waals surface area contributed by atoms with Crippen molar-refractivity contribution in [2.75, 3.05) is 5.32 Å². The lowest BCUT2D eigenvalue weighted by Crippen LogP contribution is -2.14. The minimum Gasteiger partial charge on any atom is -0.476 e. The molecule has 152 valence electrons. The lowest BCUT2D eigenvalue weighted by Gasteiger charge is -2.11. The molecule has 3 aromatic rings. The summed E-state index contributed by atoms with van der Waals surface area (Å²) in [5.74, 6) is -0.119. The molecule has 9 nitrogen and oxygen atoms in total. The number of para-hydroxylation sites is 2. The summed E-state index contributed by atoms with van der Waals surface area (Å²) < 4.78 is 6.66. The zero-order chi connectivity index (χ0) is 21.0. The van der Waals surface area contributed by atoms with Gasteiger partial charge in [0.2, 0.25) is 11.8 Å². The van der Waals surface area contributed by atoms with E-state index in [1.807, 2.05) is 20.8 Å². The Bertz CT molecular complexity index is 1020. The number of aromatic carboxylic acids is 1.